The Balaban J connectivity index is 0.00000180. The van der Waals surface area contributed by atoms with Gasteiger partial charge in [-0.25, -0.2) is 0 Å². The van der Waals surface area contributed by atoms with E-state index in [0.717, 1.165) is 25.1 Å². The molecule has 106 valence electrons. The van der Waals surface area contributed by atoms with E-state index >= 15 is 0 Å². The van der Waals surface area contributed by atoms with Gasteiger partial charge in [-0.05, 0) is 30.9 Å². The van der Waals surface area contributed by atoms with Crippen molar-refractivity contribution in [2.45, 2.75) is 26.2 Å². The Bertz CT molecular complexity index is 423. The molecule has 0 aromatic heterocycles. The molecule has 0 spiro atoms. The molecule has 4 heteroatoms. The lowest BCUT2D eigenvalue weighted by Crippen LogP contribution is -2.36. The lowest BCUT2D eigenvalue weighted by atomic mass is 9.90. The van der Waals surface area contributed by atoms with Crippen LogP contribution in [0.4, 0.5) is 0 Å². The Hall–Kier alpha value is -1.06. The van der Waals surface area contributed by atoms with Gasteiger partial charge in [-0.15, -0.1) is 12.4 Å². The standard InChI is InChI=1S/C15H22N2O.ClH/c1-12(13-6-4-3-5-7-13)14(18)17-9-8-15(2,10-16)11-17;/h3-7,12H,8-11,16H2,1-2H3;1H. The quantitative estimate of drug-likeness (QED) is 0.925. The number of halogens is 1. The largest absolute Gasteiger partial charge is 0.342 e. The number of hydrogen-bond acceptors (Lipinski definition) is 2. The van der Waals surface area contributed by atoms with Gasteiger partial charge in [-0.3, -0.25) is 4.79 Å². The average molecular weight is 283 g/mol. The molecule has 1 aliphatic rings. The number of benzene rings is 1. The Morgan fingerprint density at radius 2 is 2.05 bits per heavy atom. The summed E-state index contributed by atoms with van der Waals surface area (Å²) in [4.78, 5) is 14.4. The van der Waals surface area contributed by atoms with Crippen molar-refractivity contribution in [3.05, 3.63) is 35.9 Å². The van der Waals surface area contributed by atoms with Crippen LogP contribution >= 0.6 is 12.4 Å². The van der Waals surface area contributed by atoms with Crippen molar-refractivity contribution in [1.29, 1.82) is 0 Å². The minimum atomic E-state index is -0.0636. The van der Waals surface area contributed by atoms with Gasteiger partial charge >= 0.3 is 0 Å². The van der Waals surface area contributed by atoms with Crippen LogP contribution in [0.2, 0.25) is 0 Å². The molecule has 1 aliphatic heterocycles. The normalized spacial score (nSPS) is 23.8. The van der Waals surface area contributed by atoms with E-state index in [1.54, 1.807) is 0 Å². The van der Waals surface area contributed by atoms with E-state index in [2.05, 4.69) is 6.92 Å². The average Bonchev–Trinajstić information content (AvgIpc) is 2.81. The molecule has 19 heavy (non-hydrogen) atoms. The number of nitrogens with two attached hydrogens (primary N) is 1. The van der Waals surface area contributed by atoms with E-state index in [9.17, 15) is 4.79 Å². The molecule has 0 radical (unpaired) electrons. The Labute approximate surface area is 121 Å². The zero-order valence-corrected chi connectivity index (χ0v) is 12.5. The SMILES string of the molecule is CC(C(=O)N1CCC(C)(CN)C1)c1ccccc1.Cl. The van der Waals surface area contributed by atoms with E-state index in [4.69, 9.17) is 5.73 Å². The first-order valence-corrected chi connectivity index (χ1v) is 6.59. The number of hydrogen-bond donors (Lipinski definition) is 1. The number of rotatable bonds is 3. The van der Waals surface area contributed by atoms with E-state index in [-0.39, 0.29) is 29.6 Å². The third-order valence-corrected chi connectivity index (χ3v) is 4.03. The lowest BCUT2D eigenvalue weighted by molar-refractivity contribution is -0.131. The third kappa shape index (κ3) is 3.48. The molecular weight excluding hydrogens is 260 g/mol. The van der Waals surface area contributed by atoms with Crippen LogP contribution in [0.5, 0.6) is 0 Å². The third-order valence-electron chi connectivity index (χ3n) is 4.03. The first-order chi connectivity index (χ1) is 8.56. The fourth-order valence-corrected chi connectivity index (χ4v) is 2.54. The van der Waals surface area contributed by atoms with E-state index in [1.807, 2.05) is 42.2 Å². The maximum absolute atomic E-state index is 12.4. The first kappa shape index (κ1) is 16.0. The summed E-state index contributed by atoms with van der Waals surface area (Å²) in [6.45, 7) is 6.42. The van der Waals surface area contributed by atoms with Gasteiger partial charge in [0.05, 0.1) is 5.92 Å². The minimum absolute atomic E-state index is 0. The summed E-state index contributed by atoms with van der Waals surface area (Å²) in [7, 11) is 0. The van der Waals surface area contributed by atoms with Gasteiger partial charge in [0.15, 0.2) is 0 Å². The maximum Gasteiger partial charge on any atom is 0.229 e. The second kappa shape index (κ2) is 6.40. The first-order valence-electron chi connectivity index (χ1n) is 6.59. The minimum Gasteiger partial charge on any atom is -0.342 e. The highest BCUT2D eigenvalue weighted by atomic mass is 35.5. The predicted molar refractivity (Wildman–Crippen MR) is 80.5 cm³/mol. The molecule has 0 aliphatic carbocycles. The summed E-state index contributed by atoms with van der Waals surface area (Å²) in [5.41, 5.74) is 6.97. The van der Waals surface area contributed by atoms with Gasteiger partial charge < -0.3 is 10.6 Å². The Kier molecular flexibility index (Phi) is 5.39. The summed E-state index contributed by atoms with van der Waals surface area (Å²) in [5.74, 6) is 0.157. The molecule has 1 aromatic carbocycles. The molecular formula is C15H23ClN2O. The molecule has 2 rings (SSSR count). The zero-order chi connectivity index (χ0) is 13.2. The van der Waals surface area contributed by atoms with Gasteiger partial charge in [0.1, 0.15) is 0 Å². The van der Waals surface area contributed by atoms with Crippen LogP contribution in [-0.2, 0) is 4.79 Å². The van der Waals surface area contributed by atoms with Crippen LogP contribution in [0, 0.1) is 5.41 Å². The fraction of sp³-hybridized carbons (Fsp3) is 0.533. The monoisotopic (exact) mass is 282 g/mol. The summed E-state index contributed by atoms with van der Waals surface area (Å²) >= 11 is 0. The van der Waals surface area contributed by atoms with Crippen molar-refractivity contribution < 1.29 is 4.79 Å². The molecule has 2 atom stereocenters. The van der Waals surface area contributed by atoms with Crippen LogP contribution in [0.3, 0.4) is 0 Å². The second-order valence-corrected chi connectivity index (χ2v) is 5.66. The highest BCUT2D eigenvalue weighted by Crippen LogP contribution is 2.30. The van der Waals surface area contributed by atoms with Gasteiger partial charge in [0.25, 0.3) is 0 Å². The van der Waals surface area contributed by atoms with Gasteiger partial charge in [0.2, 0.25) is 5.91 Å². The van der Waals surface area contributed by atoms with Gasteiger partial charge in [0, 0.05) is 13.1 Å². The van der Waals surface area contributed by atoms with Crippen molar-refractivity contribution >= 4 is 18.3 Å². The molecule has 1 aromatic rings. The molecule has 1 heterocycles. The van der Waals surface area contributed by atoms with Crippen LogP contribution in [0.1, 0.15) is 31.7 Å². The fourth-order valence-electron chi connectivity index (χ4n) is 2.54. The molecule has 1 saturated heterocycles. The topological polar surface area (TPSA) is 46.3 Å². The summed E-state index contributed by atoms with van der Waals surface area (Å²) < 4.78 is 0. The number of amides is 1. The molecule has 0 saturated carbocycles. The molecule has 1 amide bonds. The molecule has 2 N–H and O–H groups in total. The highest BCUT2D eigenvalue weighted by molar-refractivity contribution is 5.85. The van der Waals surface area contributed by atoms with E-state index in [1.165, 1.54) is 0 Å². The number of likely N-dealkylation sites (tertiary alicyclic amines) is 1. The summed E-state index contributed by atoms with van der Waals surface area (Å²) in [6.07, 6.45) is 1.01. The number of carbonyl (C=O) groups excluding carboxylic acids is 1. The summed E-state index contributed by atoms with van der Waals surface area (Å²) in [6, 6.07) is 9.96. The van der Waals surface area contributed by atoms with Crippen molar-refractivity contribution in [2.75, 3.05) is 19.6 Å². The smallest absolute Gasteiger partial charge is 0.229 e. The van der Waals surface area contributed by atoms with Gasteiger partial charge in [-0.1, -0.05) is 37.3 Å². The number of nitrogens with zero attached hydrogens (tertiary/aromatic N) is 1. The maximum atomic E-state index is 12.4. The predicted octanol–water partition coefficient (Wildman–Crippen LogP) is 2.41. The lowest BCUT2D eigenvalue weighted by Gasteiger charge is -2.24. The van der Waals surface area contributed by atoms with E-state index < -0.39 is 0 Å². The molecule has 2 unspecified atom stereocenters. The number of carbonyl (C=O) groups is 1. The van der Waals surface area contributed by atoms with Crippen LogP contribution in [-0.4, -0.2) is 30.4 Å². The highest BCUT2D eigenvalue weighted by Gasteiger charge is 2.36. The zero-order valence-electron chi connectivity index (χ0n) is 11.6. The second-order valence-electron chi connectivity index (χ2n) is 5.66. The van der Waals surface area contributed by atoms with Crippen molar-refractivity contribution in [3.63, 3.8) is 0 Å². The molecule has 0 bridgehead atoms. The van der Waals surface area contributed by atoms with Crippen molar-refractivity contribution in [1.82, 2.24) is 4.90 Å². The summed E-state index contributed by atoms with van der Waals surface area (Å²) in [5, 5.41) is 0. The Morgan fingerprint density at radius 3 is 2.58 bits per heavy atom. The van der Waals surface area contributed by atoms with Crippen molar-refractivity contribution in [3.8, 4) is 0 Å². The van der Waals surface area contributed by atoms with Crippen LogP contribution < -0.4 is 5.73 Å². The molecule has 1 fully saturated rings. The van der Waals surface area contributed by atoms with Crippen LogP contribution in [0.25, 0.3) is 0 Å². The van der Waals surface area contributed by atoms with Crippen LogP contribution in [0.15, 0.2) is 30.3 Å². The van der Waals surface area contributed by atoms with Crippen molar-refractivity contribution in [2.24, 2.45) is 11.1 Å². The van der Waals surface area contributed by atoms with Gasteiger partial charge in [-0.2, -0.15) is 0 Å². The van der Waals surface area contributed by atoms with E-state index in [0.29, 0.717) is 6.54 Å². The Morgan fingerprint density at radius 1 is 1.42 bits per heavy atom. The molecule has 3 nitrogen and oxygen atoms in total.